The Morgan fingerprint density at radius 2 is 1.96 bits per heavy atom. The molecule has 1 amide bonds. The van der Waals surface area contributed by atoms with Crippen LogP contribution in [0.4, 0.5) is 5.69 Å². The molecular formula is C21H28BrNO2. The van der Waals surface area contributed by atoms with Crippen LogP contribution in [-0.4, -0.2) is 16.8 Å². The van der Waals surface area contributed by atoms with Crippen molar-refractivity contribution in [2.75, 3.05) is 11.9 Å². The van der Waals surface area contributed by atoms with Crippen LogP contribution in [0.3, 0.4) is 0 Å². The zero-order chi connectivity index (χ0) is 17.5. The monoisotopic (exact) mass is 405 g/mol. The largest absolute Gasteiger partial charge is 0.491 e. The zero-order valence-electron chi connectivity index (χ0n) is 15.0. The van der Waals surface area contributed by atoms with E-state index in [4.69, 9.17) is 4.74 Å². The molecule has 0 heterocycles. The van der Waals surface area contributed by atoms with Gasteiger partial charge in [-0.15, -0.1) is 0 Å². The van der Waals surface area contributed by atoms with Crippen LogP contribution in [0.25, 0.3) is 0 Å². The summed E-state index contributed by atoms with van der Waals surface area (Å²) in [6.45, 7) is 2.76. The van der Waals surface area contributed by atoms with Crippen molar-refractivity contribution in [3.05, 3.63) is 24.3 Å². The molecule has 2 unspecified atom stereocenters. The molecule has 0 aromatic heterocycles. The van der Waals surface area contributed by atoms with Gasteiger partial charge in [0.05, 0.1) is 12.3 Å². The van der Waals surface area contributed by atoms with Crippen LogP contribution < -0.4 is 10.1 Å². The summed E-state index contributed by atoms with van der Waals surface area (Å²) >= 11 is 4.04. The molecule has 0 saturated heterocycles. The molecule has 1 N–H and O–H groups in total. The highest BCUT2D eigenvalue weighted by atomic mass is 79.9. The second-order valence-corrected chi connectivity index (χ2v) is 10.4. The molecule has 4 heteroatoms. The number of hydrogen-bond donors (Lipinski definition) is 1. The second kappa shape index (κ2) is 6.61. The van der Waals surface area contributed by atoms with E-state index in [0.717, 1.165) is 36.1 Å². The highest BCUT2D eigenvalue weighted by Gasteiger charge is 2.57. The fourth-order valence-corrected chi connectivity index (χ4v) is 7.50. The lowest BCUT2D eigenvalue weighted by Crippen LogP contribution is -2.53. The molecule has 0 aliphatic heterocycles. The lowest BCUT2D eigenvalue weighted by atomic mass is 9.48. The Hall–Kier alpha value is -1.03. The predicted molar refractivity (Wildman–Crippen MR) is 104 cm³/mol. The highest BCUT2D eigenvalue weighted by molar-refractivity contribution is 9.10. The summed E-state index contributed by atoms with van der Waals surface area (Å²) in [7, 11) is 0. The first kappa shape index (κ1) is 17.4. The van der Waals surface area contributed by atoms with Gasteiger partial charge in [-0.1, -0.05) is 35.0 Å². The molecule has 0 radical (unpaired) electrons. The number of carbonyl (C=O) groups is 1. The van der Waals surface area contributed by atoms with Crippen molar-refractivity contribution in [1.82, 2.24) is 0 Å². The van der Waals surface area contributed by atoms with Crippen molar-refractivity contribution in [2.45, 2.75) is 62.6 Å². The van der Waals surface area contributed by atoms with Crippen molar-refractivity contribution < 1.29 is 9.53 Å². The van der Waals surface area contributed by atoms with Gasteiger partial charge in [0.1, 0.15) is 5.75 Å². The van der Waals surface area contributed by atoms with E-state index in [2.05, 4.69) is 28.2 Å². The van der Waals surface area contributed by atoms with E-state index in [-0.39, 0.29) is 11.3 Å². The van der Waals surface area contributed by atoms with Crippen LogP contribution in [0, 0.1) is 17.3 Å². The van der Waals surface area contributed by atoms with Gasteiger partial charge in [0.25, 0.3) is 0 Å². The van der Waals surface area contributed by atoms with E-state index in [1.165, 1.54) is 32.1 Å². The number of alkyl halides is 1. The van der Waals surface area contributed by atoms with E-state index in [1.807, 2.05) is 24.3 Å². The Morgan fingerprint density at radius 3 is 2.64 bits per heavy atom. The predicted octanol–water partition coefficient (Wildman–Crippen LogP) is 5.54. The quantitative estimate of drug-likeness (QED) is 0.630. The number of para-hydroxylation sites is 2. The molecule has 4 aliphatic rings. The van der Waals surface area contributed by atoms with Gasteiger partial charge in [-0.25, -0.2) is 0 Å². The van der Waals surface area contributed by atoms with Crippen LogP contribution in [0.1, 0.15) is 58.3 Å². The van der Waals surface area contributed by atoms with E-state index in [1.54, 1.807) is 0 Å². The van der Waals surface area contributed by atoms with Gasteiger partial charge >= 0.3 is 0 Å². The van der Waals surface area contributed by atoms with Gasteiger partial charge in [-0.2, -0.15) is 0 Å². The maximum atomic E-state index is 12.8. The van der Waals surface area contributed by atoms with Gasteiger partial charge in [0, 0.05) is 10.7 Å². The third-order valence-corrected chi connectivity index (χ3v) is 7.20. The van der Waals surface area contributed by atoms with E-state index >= 15 is 0 Å². The molecule has 4 aliphatic carbocycles. The van der Waals surface area contributed by atoms with Crippen molar-refractivity contribution >= 4 is 27.5 Å². The molecule has 3 nitrogen and oxygen atoms in total. The van der Waals surface area contributed by atoms with Crippen LogP contribution in [0.15, 0.2) is 24.3 Å². The summed E-state index contributed by atoms with van der Waals surface area (Å²) in [6.07, 6.45) is 9.23. The summed E-state index contributed by atoms with van der Waals surface area (Å²) in [5.74, 6) is 2.55. The minimum absolute atomic E-state index is 0.144. The third kappa shape index (κ3) is 3.60. The van der Waals surface area contributed by atoms with E-state index < -0.39 is 0 Å². The maximum absolute atomic E-state index is 12.8. The number of amides is 1. The minimum Gasteiger partial charge on any atom is -0.491 e. The zero-order valence-corrected chi connectivity index (χ0v) is 16.6. The van der Waals surface area contributed by atoms with Crippen molar-refractivity contribution in [3.8, 4) is 5.75 Å². The molecule has 5 rings (SSSR count). The number of rotatable bonds is 6. The van der Waals surface area contributed by atoms with Crippen LogP contribution in [0.5, 0.6) is 5.75 Å². The number of benzene rings is 1. The molecule has 1 aromatic carbocycles. The highest BCUT2D eigenvalue weighted by Crippen LogP contribution is 2.65. The molecule has 2 atom stereocenters. The van der Waals surface area contributed by atoms with Gasteiger partial charge in [0.2, 0.25) is 5.91 Å². The van der Waals surface area contributed by atoms with Crippen LogP contribution in [-0.2, 0) is 4.79 Å². The normalized spacial score (nSPS) is 35.6. The average molecular weight is 406 g/mol. The fourth-order valence-electron chi connectivity index (χ4n) is 5.99. The molecule has 4 bridgehead atoms. The van der Waals surface area contributed by atoms with Crippen LogP contribution >= 0.6 is 15.9 Å². The Bertz CT molecular complexity index is 645. The van der Waals surface area contributed by atoms with Crippen molar-refractivity contribution in [1.29, 1.82) is 0 Å². The second-order valence-electron chi connectivity index (χ2n) is 8.68. The summed E-state index contributed by atoms with van der Waals surface area (Å²) in [5.41, 5.74) is 1.01. The summed E-state index contributed by atoms with van der Waals surface area (Å²) < 4.78 is 6.08. The lowest BCUT2D eigenvalue weighted by molar-refractivity contribution is -0.123. The Labute approximate surface area is 159 Å². The molecular weight excluding hydrogens is 378 g/mol. The Morgan fingerprint density at radius 1 is 1.24 bits per heavy atom. The fraction of sp³-hybridized carbons (Fsp3) is 0.667. The summed E-state index contributed by atoms with van der Waals surface area (Å²) in [5, 5.41) is 3.13. The SMILES string of the molecule is CCCOc1ccccc1NC(=O)CC12CC3CC(CC(Br)(C3)C1)C2. The first-order valence-electron chi connectivity index (χ1n) is 9.70. The van der Waals surface area contributed by atoms with E-state index in [9.17, 15) is 4.79 Å². The number of ether oxygens (including phenoxy) is 1. The van der Waals surface area contributed by atoms with E-state index in [0.29, 0.717) is 17.4 Å². The number of hydrogen-bond acceptors (Lipinski definition) is 2. The molecule has 0 spiro atoms. The summed E-state index contributed by atoms with van der Waals surface area (Å²) in [4.78, 5) is 12.8. The topological polar surface area (TPSA) is 38.3 Å². The van der Waals surface area contributed by atoms with Gasteiger partial charge in [0.15, 0.2) is 0 Å². The Kier molecular flexibility index (Phi) is 4.59. The summed E-state index contributed by atoms with van der Waals surface area (Å²) in [6, 6.07) is 7.78. The van der Waals surface area contributed by atoms with Crippen molar-refractivity contribution in [3.63, 3.8) is 0 Å². The number of carbonyl (C=O) groups excluding carboxylic acids is 1. The first-order chi connectivity index (χ1) is 12.0. The number of nitrogens with one attached hydrogen (secondary N) is 1. The van der Waals surface area contributed by atoms with Crippen molar-refractivity contribution in [2.24, 2.45) is 17.3 Å². The smallest absolute Gasteiger partial charge is 0.225 e. The standard InChI is InChI=1S/C21H28BrNO2/c1-2-7-25-18-6-4-3-5-17(18)23-19(24)13-20-9-15-8-16(10-20)12-21(22,11-15)14-20/h3-6,15-16H,2,7-14H2,1H3,(H,23,24). The molecule has 4 saturated carbocycles. The van der Waals surface area contributed by atoms with Gasteiger partial charge in [-0.05, 0) is 74.3 Å². The van der Waals surface area contributed by atoms with Gasteiger partial charge < -0.3 is 10.1 Å². The minimum atomic E-state index is 0.144. The molecule has 136 valence electrons. The molecule has 4 fully saturated rings. The van der Waals surface area contributed by atoms with Crippen LogP contribution in [0.2, 0.25) is 0 Å². The lowest BCUT2D eigenvalue weighted by Gasteiger charge is -2.60. The molecule has 25 heavy (non-hydrogen) atoms. The number of anilines is 1. The van der Waals surface area contributed by atoms with Gasteiger partial charge in [-0.3, -0.25) is 4.79 Å². The first-order valence-corrected chi connectivity index (χ1v) is 10.5. The number of halogens is 1. The molecule has 1 aromatic rings. The Balaban J connectivity index is 1.45. The third-order valence-electron chi connectivity index (χ3n) is 6.27. The maximum Gasteiger partial charge on any atom is 0.225 e. The average Bonchev–Trinajstić information content (AvgIpc) is 2.51.